The van der Waals surface area contributed by atoms with Crippen LogP contribution in [0.1, 0.15) is 19.4 Å². The van der Waals surface area contributed by atoms with Crippen LogP contribution in [0.25, 0.3) is 0 Å². The Bertz CT molecular complexity index is 793. The van der Waals surface area contributed by atoms with Crippen molar-refractivity contribution in [1.29, 1.82) is 0 Å². The molecule has 234 valence electrons. The second-order valence-electron chi connectivity index (χ2n) is 9.61. The van der Waals surface area contributed by atoms with E-state index in [0.717, 1.165) is 5.56 Å². The van der Waals surface area contributed by atoms with Crippen molar-refractivity contribution in [3.05, 3.63) is 29.8 Å². The maximum absolute atomic E-state index is 11.8. The van der Waals surface area contributed by atoms with Gasteiger partial charge in [0.15, 0.2) is 5.12 Å². The Kier molecular flexibility index (Phi) is 19.4. The van der Waals surface area contributed by atoms with Crippen molar-refractivity contribution in [1.82, 2.24) is 4.90 Å². The number of thioether (sulfide) groups is 1. The van der Waals surface area contributed by atoms with Gasteiger partial charge in [0.25, 0.3) is 0 Å². The molecule has 1 rings (SSSR count). The number of carbonyl (C=O) groups excluding carboxylic acids is 1. The molecule has 0 bridgehead atoms. The minimum Gasteiger partial charge on any atom is -0.492 e. The predicted molar refractivity (Wildman–Crippen MR) is 149 cm³/mol. The summed E-state index contributed by atoms with van der Waals surface area (Å²) >= 11 is 1.22. The average molecular weight is 618 g/mol. The number of carbonyl (C=O) groups is 1. The quantitative estimate of drug-likeness (QED) is 0.0749. The largest absolute Gasteiger partial charge is 0.492 e. The molecule has 8 atom stereocenters. The number of ether oxygens (including phenoxy) is 1. The summed E-state index contributed by atoms with van der Waals surface area (Å²) in [4.78, 5) is 13.1. The van der Waals surface area contributed by atoms with Crippen molar-refractivity contribution < 1.29 is 60.6 Å². The van der Waals surface area contributed by atoms with E-state index in [-0.39, 0.29) is 49.7 Å². The zero-order valence-corrected chi connectivity index (χ0v) is 24.1. The van der Waals surface area contributed by atoms with Crippen LogP contribution in [-0.2, 0) is 10.5 Å². The van der Waals surface area contributed by atoms with Gasteiger partial charge in [0.1, 0.15) is 49.0 Å². The molecule has 0 amide bonds. The van der Waals surface area contributed by atoms with Crippen LogP contribution in [0.2, 0.25) is 0 Å². The lowest BCUT2D eigenvalue weighted by atomic mass is 10.0. The maximum atomic E-state index is 11.8. The lowest BCUT2D eigenvalue weighted by Crippen LogP contribution is -2.53. The van der Waals surface area contributed by atoms with E-state index in [0.29, 0.717) is 11.5 Å². The third-order valence-corrected chi connectivity index (χ3v) is 7.23. The van der Waals surface area contributed by atoms with Crippen LogP contribution in [0.15, 0.2) is 24.3 Å². The smallest absolute Gasteiger partial charge is 0.191 e. The zero-order valence-electron chi connectivity index (χ0n) is 22.5. The molecule has 0 aromatic heterocycles. The molecule has 1 aromatic carbocycles. The zero-order chi connectivity index (χ0) is 29.7. The molecular weight excluding hydrogens is 574 g/mol. The number of hydrogen-bond acceptors (Lipinski definition) is 14. The fourth-order valence-corrected chi connectivity index (χ4v) is 4.26. The van der Waals surface area contributed by atoms with Gasteiger partial charge in [-0.15, -0.1) is 12.4 Å². The topological polar surface area (TPSA) is 232 Å². The highest BCUT2D eigenvalue weighted by atomic mass is 35.5. The highest BCUT2D eigenvalue weighted by molar-refractivity contribution is 8.13. The van der Waals surface area contributed by atoms with Crippen LogP contribution in [-0.4, -0.2) is 149 Å². The summed E-state index contributed by atoms with van der Waals surface area (Å²) in [5.74, 6) is 0.938. The van der Waals surface area contributed by atoms with Crippen LogP contribution in [0.4, 0.5) is 0 Å². The molecule has 10 N–H and O–H groups in total. The molecule has 0 aliphatic heterocycles. The monoisotopic (exact) mass is 617 g/mol. The minimum absolute atomic E-state index is 0. The number of rotatable bonds is 19. The molecular formula is C25H44ClNO12S. The number of halogens is 1. The van der Waals surface area contributed by atoms with Crippen molar-refractivity contribution in [2.75, 3.05) is 39.5 Å². The third kappa shape index (κ3) is 13.2. The molecule has 0 aliphatic rings. The highest BCUT2D eigenvalue weighted by Gasteiger charge is 2.34. The highest BCUT2D eigenvalue weighted by Crippen LogP contribution is 2.20. The van der Waals surface area contributed by atoms with Crippen molar-refractivity contribution in [3.63, 3.8) is 0 Å². The Morgan fingerprint density at radius 3 is 1.60 bits per heavy atom. The molecule has 0 saturated carbocycles. The number of aliphatic hydroxyl groups excluding tert-OH is 10. The first-order chi connectivity index (χ1) is 18.3. The second-order valence-corrected chi connectivity index (χ2v) is 10.6. The molecule has 15 heteroatoms. The van der Waals surface area contributed by atoms with Gasteiger partial charge >= 0.3 is 0 Å². The Morgan fingerprint density at radius 2 is 1.20 bits per heavy atom. The van der Waals surface area contributed by atoms with E-state index in [9.17, 15) is 45.6 Å². The van der Waals surface area contributed by atoms with Gasteiger partial charge in [0, 0.05) is 31.3 Å². The Hall–Kier alpha value is -1.11. The predicted octanol–water partition coefficient (Wildman–Crippen LogP) is -2.92. The van der Waals surface area contributed by atoms with E-state index in [4.69, 9.17) is 14.9 Å². The summed E-state index contributed by atoms with van der Waals surface area (Å²) in [6.45, 7) is 1.20. The molecule has 0 heterocycles. The van der Waals surface area contributed by atoms with Gasteiger partial charge in [0.2, 0.25) is 0 Å². The molecule has 13 nitrogen and oxygen atoms in total. The van der Waals surface area contributed by atoms with Gasteiger partial charge < -0.3 is 55.8 Å². The standard InChI is InChI=1S/C25H43NO12S.ClH/c1-14(2)25(37)39-13-15-3-5-16(6-4-15)38-8-7-26(9-17(29)21(33)23(35)19(31)11-27)10-18(30)22(34)24(36)20(32)12-28;/h3-6,14,17-24,27-36H,7-13H2,1-2H3;1H. The van der Waals surface area contributed by atoms with E-state index >= 15 is 0 Å². The van der Waals surface area contributed by atoms with Gasteiger partial charge in [0.05, 0.1) is 25.4 Å². The fourth-order valence-electron chi connectivity index (χ4n) is 3.42. The van der Waals surface area contributed by atoms with Gasteiger partial charge in [-0.2, -0.15) is 0 Å². The molecule has 0 saturated heterocycles. The fraction of sp³-hybridized carbons (Fsp3) is 0.720. The van der Waals surface area contributed by atoms with Crippen molar-refractivity contribution in [2.24, 2.45) is 5.92 Å². The van der Waals surface area contributed by atoms with Crippen LogP contribution in [0.3, 0.4) is 0 Å². The number of aliphatic hydroxyl groups is 10. The van der Waals surface area contributed by atoms with Crippen LogP contribution in [0, 0.1) is 5.92 Å². The Balaban J connectivity index is 0.0000152. The SMILES string of the molecule is CC(C)C(=O)SCc1ccc(OCCN(CC(O)C(O)C(O)C(O)CO)CC(O)C(O)C(O)C(O)CO)cc1.Cl. The van der Waals surface area contributed by atoms with E-state index in [1.165, 1.54) is 16.7 Å². The van der Waals surface area contributed by atoms with Gasteiger partial charge in [-0.1, -0.05) is 37.7 Å². The van der Waals surface area contributed by atoms with E-state index < -0.39 is 62.0 Å². The minimum atomic E-state index is -1.87. The summed E-state index contributed by atoms with van der Waals surface area (Å²) in [6, 6.07) is 7.01. The molecule has 40 heavy (non-hydrogen) atoms. The van der Waals surface area contributed by atoms with E-state index in [1.807, 2.05) is 13.8 Å². The number of hydrogen-bond donors (Lipinski definition) is 10. The Labute approximate surface area is 244 Å². The van der Waals surface area contributed by atoms with E-state index in [1.54, 1.807) is 24.3 Å². The lowest BCUT2D eigenvalue weighted by molar-refractivity contribution is -0.130. The molecule has 0 spiro atoms. The molecule has 8 unspecified atom stereocenters. The summed E-state index contributed by atoms with van der Waals surface area (Å²) < 4.78 is 5.70. The molecule has 0 aliphatic carbocycles. The maximum Gasteiger partial charge on any atom is 0.191 e. The first-order valence-corrected chi connectivity index (χ1v) is 13.6. The second kappa shape index (κ2) is 19.9. The molecule has 0 fully saturated rings. The lowest BCUT2D eigenvalue weighted by Gasteiger charge is -2.33. The Morgan fingerprint density at radius 1 is 0.775 bits per heavy atom. The van der Waals surface area contributed by atoms with Crippen LogP contribution < -0.4 is 4.74 Å². The summed E-state index contributed by atoms with van der Waals surface area (Å²) in [6.07, 6.45) is -14.2. The van der Waals surface area contributed by atoms with Gasteiger partial charge in [-0.3, -0.25) is 9.69 Å². The van der Waals surface area contributed by atoms with Crippen LogP contribution >= 0.6 is 24.2 Å². The first kappa shape index (κ1) is 38.9. The number of nitrogens with zero attached hydrogens (tertiary/aromatic N) is 1. The van der Waals surface area contributed by atoms with Crippen molar-refractivity contribution in [2.45, 2.75) is 68.4 Å². The van der Waals surface area contributed by atoms with Gasteiger partial charge in [-0.25, -0.2) is 0 Å². The number of benzene rings is 1. The average Bonchev–Trinajstić information content (AvgIpc) is 2.93. The summed E-state index contributed by atoms with van der Waals surface area (Å²) in [5.41, 5.74) is 0.921. The van der Waals surface area contributed by atoms with Crippen molar-refractivity contribution in [3.8, 4) is 5.75 Å². The van der Waals surface area contributed by atoms with Crippen molar-refractivity contribution >= 4 is 29.3 Å². The van der Waals surface area contributed by atoms with E-state index in [2.05, 4.69) is 0 Å². The third-order valence-electron chi connectivity index (χ3n) is 5.99. The van der Waals surface area contributed by atoms with Gasteiger partial charge in [-0.05, 0) is 17.7 Å². The summed E-state index contributed by atoms with van der Waals surface area (Å²) in [5, 5.41) is 97.9. The molecule has 1 aromatic rings. The normalized spacial score (nSPS) is 17.9. The molecule has 0 radical (unpaired) electrons. The van der Waals surface area contributed by atoms with Crippen LogP contribution in [0.5, 0.6) is 5.75 Å². The first-order valence-electron chi connectivity index (χ1n) is 12.6. The summed E-state index contributed by atoms with van der Waals surface area (Å²) in [7, 11) is 0.